The standard InChI is InChI=1S/C23H30BrN5/c1-4-5-6-9-14-28(3)15-10-13-25-22-16-21(19-12-8-7-11-18(19)2)27-23-20(24)17-26-29(22)23/h4-5,7-8,11-12,16-17,25H,6,9-10,13-15H2,1-3H3/b5-4-. The van der Waals surface area contributed by atoms with Gasteiger partial charge in [-0.3, -0.25) is 0 Å². The van der Waals surface area contributed by atoms with Crippen LogP contribution in [0.15, 0.2) is 53.2 Å². The van der Waals surface area contributed by atoms with Crippen molar-refractivity contribution < 1.29 is 0 Å². The zero-order valence-corrected chi connectivity index (χ0v) is 19.1. The number of nitrogens with one attached hydrogen (secondary N) is 1. The van der Waals surface area contributed by atoms with Gasteiger partial charge in [-0.05, 0) is 74.7 Å². The van der Waals surface area contributed by atoms with Gasteiger partial charge >= 0.3 is 0 Å². The van der Waals surface area contributed by atoms with E-state index in [1.807, 2.05) is 4.52 Å². The van der Waals surface area contributed by atoms with Crippen molar-refractivity contribution in [2.45, 2.75) is 33.1 Å². The average Bonchev–Trinajstić information content (AvgIpc) is 3.10. The second-order valence-corrected chi connectivity index (χ2v) is 8.22. The van der Waals surface area contributed by atoms with Crippen LogP contribution in [0.25, 0.3) is 16.9 Å². The molecule has 0 radical (unpaired) electrons. The average molecular weight is 456 g/mol. The van der Waals surface area contributed by atoms with E-state index in [0.717, 1.165) is 59.7 Å². The number of aryl methyl sites for hydroxylation is 1. The molecule has 0 fully saturated rings. The number of benzene rings is 1. The summed E-state index contributed by atoms with van der Waals surface area (Å²) in [6, 6.07) is 10.4. The van der Waals surface area contributed by atoms with Gasteiger partial charge in [0.15, 0.2) is 5.65 Å². The Hall–Kier alpha value is -2.18. The molecule has 6 heteroatoms. The van der Waals surface area contributed by atoms with Gasteiger partial charge in [0, 0.05) is 18.2 Å². The normalized spacial score (nSPS) is 11.8. The highest BCUT2D eigenvalue weighted by Crippen LogP contribution is 2.27. The lowest BCUT2D eigenvalue weighted by atomic mass is 10.1. The fraction of sp³-hybridized carbons (Fsp3) is 0.391. The second-order valence-electron chi connectivity index (χ2n) is 7.36. The summed E-state index contributed by atoms with van der Waals surface area (Å²) < 4.78 is 2.77. The first-order chi connectivity index (χ1) is 14.1. The van der Waals surface area contributed by atoms with Crippen LogP contribution >= 0.6 is 15.9 Å². The van der Waals surface area contributed by atoms with Crippen molar-refractivity contribution in [3.8, 4) is 11.3 Å². The molecule has 0 aliphatic heterocycles. The van der Waals surface area contributed by atoms with Gasteiger partial charge in [0.2, 0.25) is 0 Å². The summed E-state index contributed by atoms with van der Waals surface area (Å²) in [5.41, 5.74) is 4.15. The molecule has 0 unspecified atom stereocenters. The minimum Gasteiger partial charge on any atom is -0.370 e. The maximum absolute atomic E-state index is 4.83. The number of unbranched alkanes of at least 4 members (excludes halogenated alkanes) is 1. The summed E-state index contributed by atoms with van der Waals surface area (Å²) >= 11 is 3.58. The molecule has 0 saturated heterocycles. The van der Waals surface area contributed by atoms with Crippen LogP contribution < -0.4 is 5.32 Å². The molecule has 0 bridgehead atoms. The van der Waals surface area contributed by atoms with Crippen LogP contribution in [-0.4, -0.2) is 46.2 Å². The van der Waals surface area contributed by atoms with Crippen molar-refractivity contribution in [2.75, 3.05) is 32.0 Å². The molecule has 0 spiro atoms. The molecule has 0 aliphatic carbocycles. The molecule has 0 amide bonds. The zero-order valence-electron chi connectivity index (χ0n) is 17.5. The predicted molar refractivity (Wildman–Crippen MR) is 126 cm³/mol. The van der Waals surface area contributed by atoms with Crippen molar-refractivity contribution in [2.24, 2.45) is 0 Å². The van der Waals surface area contributed by atoms with Gasteiger partial charge < -0.3 is 10.2 Å². The summed E-state index contributed by atoms with van der Waals surface area (Å²) in [5.74, 6) is 0.967. The maximum Gasteiger partial charge on any atom is 0.172 e. The van der Waals surface area contributed by atoms with E-state index in [4.69, 9.17) is 4.98 Å². The van der Waals surface area contributed by atoms with E-state index in [2.05, 4.69) is 94.6 Å². The van der Waals surface area contributed by atoms with Crippen LogP contribution in [0.2, 0.25) is 0 Å². The number of hydrogen-bond donors (Lipinski definition) is 1. The highest BCUT2D eigenvalue weighted by molar-refractivity contribution is 9.10. The molecule has 3 aromatic rings. The Morgan fingerprint density at radius 2 is 2.00 bits per heavy atom. The molecule has 1 N–H and O–H groups in total. The monoisotopic (exact) mass is 455 g/mol. The Kier molecular flexibility index (Phi) is 7.83. The van der Waals surface area contributed by atoms with Gasteiger partial charge in [-0.15, -0.1) is 0 Å². The van der Waals surface area contributed by atoms with Crippen LogP contribution in [0.4, 0.5) is 5.82 Å². The van der Waals surface area contributed by atoms with E-state index < -0.39 is 0 Å². The van der Waals surface area contributed by atoms with E-state index in [1.165, 1.54) is 12.0 Å². The van der Waals surface area contributed by atoms with Gasteiger partial charge in [0.1, 0.15) is 5.82 Å². The summed E-state index contributed by atoms with van der Waals surface area (Å²) in [6.07, 6.45) is 9.60. The second kappa shape index (κ2) is 10.6. The summed E-state index contributed by atoms with van der Waals surface area (Å²) in [7, 11) is 2.20. The number of allylic oxidation sites excluding steroid dienone is 2. The van der Waals surface area contributed by atoms with Gasteiger partial charge in [-0.25, -0.2) is 4.98 Å². The molecule has 29 heavy (non-hydrogen) atoms. The van der Waals surface area contributed by atoms with E-state index >= 15 is 0 Å². The molecule has 5 nitrogen and oxygen atoms in total. The Morgan fingerprint density at radius 3 is 2.79 bits per heavy atom. The largest absolute Gasteiger partial charge is 0.370 e. The van der Waals surface area contributed by atoms with Gasteiger partial charge in [-0.2, -0.15) is 9.61 Å². The molecule has 1 aromatic carbocycles. The Balaban J connectivity index is 1.67. The molecule has 0 saturated carbocycles. The minimum atomic E-state index is 0.828. The third kappa shape index (κ3) is 5.67. The lowest BCUT2D eigenvalue weighted by Gasteiger charge is -2.17. The fourth-order valence-corrected chi connectivity index (χ4v) is 3.73. The number of nitrogens with zero attached hydrogens (tertiary/aromatic N) is 4. The van der Waals surface area contributed by atoms with Crippen molar-refractivity contribution in [3.63, 3.8) is 0 Å². The molecular formula is C23H30BrN5. The lowest BCUT2D eigenvalue weighted by Crippen LogP contribution is -2.23. The molecule has 154 valence electrons. The van der Waals surface area contributed by atoms with Gasteiger partial charge in [0.05, 0.1) is 16.4 Å². The number of rotatable bonds is 10. The topological polar surface area (TPSA) is 45.5 Å². The summed E-state index contributed by atoms with van der Waals surface area (Å²) in [5, 5.41) is 8.04. The van der Waals surface area contributed by atoms with Crippen molar-refractivity contribution >= 4 is 27.4 Å². The molecule has 2 heterocycles. The van der Waals surface area contributed by atoms with E-state index in [0.29, 0.717) is 0 Å². The molecule has 0 atom stereocenters. The Morgan fingerprint density at radius 1 is 1.21 bits per heavy atom. The fourth-order valence-electron chi connectivity index (χ4n) is 3.38. The van der Waals surface area contributed by atoms with Crippen molar-refractivity contribution in [1.82, 2.24) is 19.5 Å². The number of halogens is 1. The number of aromatic nitrogens is 3. The van der Waals surface area contributed by atoms with E-state index in [-0.39, 0.29) is 0 Å². The highest BCUT2D eigenvalue weighted by Gasteiger charge is 2.12. The van der Waals surface area contributed by atoms with Crippen LogP contribution in [-0.2, 0) is 0 Å². The number of fused-ring (bicyclic) bond motifs is 1. The summed E-state index contributed by atoms with van der Waals surface area (Å²) in [4.78, 5) is 7.23. The SMILES string of the molecule is C/C=C\CCCN(C)CCCNc1cc(-c2ccccc2C)nc2c(Br)cnn12. The maximum atomic E-state index is 4.83. The van der Waals surface area contributed by atoms with Crippen LogP contribution in [0.5, 0.6) is 0 Å². The first-order valence-corrected chi connectivity index (χ1v) is 11.0. The zero-order chi connectivity index (χ0) is 20.6. The van der Waals surface area contributed by atoms with Gasteiger partial charge in [-0.1, -0.05) is 36.4 Å². The quantitative estimate of drug-likeness (QED) is 0.321. The third-order valence-electron chi connectivity index (χ3n) is 5.02. The smallest absolute Gasteiger partial charge is 0.172 e. The number of hydrogen-bond acceptors (Lipinski definition) is 4. The predicted octanol–water partition coefficient (Wildman–Crippen LogP) is 5.56. The van der Waals surface area contributed by atoms with Crippen LogP contribution in [0.1, 0.15) is 31.7 Å². The van der Waals surface area contributed by atoms with Crippen LogP contribution in [0, 0.1) is 6.92 Å². The first kappa shape index (κ1) is 21.5. The highest BCUT2D eigenvalue weighted by atomic mass is 79.9. The molecule has 3 rings (SSSR count). The van der Waals surface area contributed by atoms with Crippen LogP contribution in [0.3, 0.4) is 0 Å². The van der Waals surface area contributed by atoms with Gasteiger partial charge in [0.25, 0.3) is 0 Å². The third-order valence-corrected chi connectivity index (χ3v) is 5.58. The molecule has 2 aromatic heterocycles. The molecule has 0 aliphatic rings. The van der Waals surface area contributed by atoms with Crippen molar-refractivity contribution in [1.29, 1.82) is 0 Å². The Labute approximate surface area is 182 Å². The van der Waals surface area contributed by atoms with Crippen molar-refractivity contribution in [3.05, 3.63) is 58.7 Å². The molecular weight excluding hydrogens is 426 g/mol. The first-order valence-electron chi connectivity index (χ1n) is 10.2. The van der Waals surface area contributed by atoms with E-state index in [9.17, 15) is 0 Å². The minimum absolute atomic E-state index is 0.828. The van der Waals surface area contributed by atoms with E-state index in [1.54, 1.807) is 6.20 Å². The Bertz CT molecular complexity index is 963. The summed E-state index contributed by atoms with van der Waals surface area (Å²) in [6.45, 7) is 7.29. The number of anilines is 1. The lowest BCUT2D eigenvalue weighted by molar-refractivity contribution is 0.329.